The summed E-state index contributed by atoms with van der Waals surface area (Å²) in [5.41, 5.74) is 7.55. The Balaban J connectivity index is 1.48. The van der Waals surface area contributed by atoms with Gasteiger partial charge in [0.2, 0.25) is 0 Å². The third kappa shape index (κ3) is 3.33. The van der Waals surface area contributed by atoms with Gasteiger partial charge < -0.3 is 13.7 Å². The number of para-hydroxylation sites is 2. The van der Waals surface area contributed by atoms with Crippen molar-refractivity contribution in [3.05, 3.63) is 78.1 Å². The highest BCUT2D eigenvalue weighted by atomic mass is 16.7. The second kappa shape index (κ2) is 7.89. The maximum absolute atomic E-state index is 6.72. The first-order valence-corrected chi connectivity index (χ1v) is 13.1. The predicted octanol–water partition coefficient (Wildman–Crippen LogP) is 7.27. The number of rotatable bonds is 2. The lowest BCUT2D eigenvalue weighted by molar-refractivity contribution is 0.00578. The molecule has 3 aromatic carbocycles. The summed E-state index contributed by atoms with van der Waals surface area (Å²) in [6, 6.07) is 23.1. The molecule has 1 aliphatic heterocycles. The van der Waals surface area contributed by atoms with Crippen molar-refractivity contribution >= 4 is 56.3 Å². The van der Waals surface area contributed by atoms with Crippen molar-refractivity contribution in [3.8, 4) is 11.1 Å². The van der Waals surface area contributed by atoms with Crippen molar-refractivity contribution in [3.63, 3.8) is 0 Å². The quantitative estimate of drug-likeness (QED) is 0.185. The first kappa shape index (κ1) is 23.4. The predicted molar refractivity (Wildman–Crippen MR) is 155 cm³/mol. The van der Waals surface area contributed by atoms with Crippen molar-refractivity contribution in [1.82, 2.24) is 9.97 Å². The molecule has 0 spiro atoms. The molecular formula is C32H29BN2O3. The molecule has 38 heavy (non-hydrogen) atoms. The average Bonchev–Trinajstić information content (AvgIpc) is 3.36. The molecule has 188 valence electrons. The molecule has 5 nitrogen and oxygen atoms in total. The van der Waals surface area contributed by atoms with Gasteiger partial charge in [-0.25, -0.2) is 0 Å². The number of pyridine rings is 2. The fraction of sp³-hybridized carbons (Fsp3) is 0.250. The third-order valence-corrected chi connectivity index (χ3v) is 8.26. The van der Waals surface area contributed by atoms with Crippen LogP contribution in [-0.4, -0.2) is 28.3 Å². The van der Waals surface area contributed by atoms with Gasteiger partial charge in [0.25, 0.3) is 0 Å². The van der Waals surface area contributed by atoms with E-state index in [9.17, 15) is 0 Å². The number of aryl methyl sites for hydroxylation is 2. The number of aromatic nitrogens is 2. The summed E-state index contributed by atoms with van der Waals surface area (Å²) in [7, 11) is -0.502. The van der Waals surface area contributed by atoms with E-state index in [0.717, 1.165) is 71.7 Å². The first-order valence-electron chi connectivity index (χ1n) is 13.1. The molecule has 0 N–H and O–H groups in total. The van der Waals surface area contributed by atoms with Crippen molar-refractivity contribution in [2.24, 2.45) is 0 Å². The summed E-state index contributed by atoms with van der Waals surface area (Å²) in [4.78, 5) is 9.76. The Kier molecular flexibility index (Phi) is 4.85. The van der Waals surface area contributed by atoms with Crippen LogP contribution in [0.2, 0.25) is 0 Å². The maximum atomic E-state index is 6.72. The van der Waals surface area contributed by atoms with Crippen LogP contribution >= 0.6 is 0 Å². The Morgan fingerprint density at radius 1 is 0.632 bits per heavy atom. The van der Waals surface area contributed by atoms with Crippen LogP contribution in [0.15, 0.2) is 71.1 Å². The van der Waals surface area contributed by atoms with Crippen molar-refractivity contribution in [1.29, 1.82) is 0 Å². The van der Waals surface area contributed by atoms with Gasteiger partial charge in [-0.3, -0.25) is 9.97 Å². The summed E-state index contributed by atoms with van der Waals surface area (Å²) in [5.74, 6) is 0. The minimum Gasteiger partial charge on any atom is -0.456 e. The zero-order valence-corrected chi connectivity index (χ0v) is 22.5. The Hall–Kier alpha value is -3.74. The Labute approximate surface area is 221 Å². The van der Waals surface area contributed by atoms with Crippen molar-refractivity contribution in [2.45, 2.75) is 52.7 Å². The molecule has 1 aliphatic rings. The van der Waals surface area contributed by atoms with Crippen LogP contribution in [0, 0.1) is 13.8 Å². The number of fused-ring (bicyclic) bond motifs is 6. The van der Waals surface area contributed by atoms with Gasteiger partial charge in [0.15, 0.2) is 0 Å². The van der Waals surface area contributed by atoms with Crippen LogP contribution in [0.5, 0.6) is 0 Å². The molecule has 0 saturated carbocycles. The zero-order chi connectivity index (χ0) is 26.4. The fourth-order valence-corrected chi connectivity index (χ4v) is 5.53. The lowest BCUT2D eigenvalue weighted by Gasteiger charge is -2.32. The van der Waals surface area contributed by atoms with E-state index in [0.29, 0.717) is 0 Å². The van der Waals surface area contributed by atoms with Gasteiger partial charge in [-0.2, -0.15) is 0 Å². The standard InChI is InChI=1S/C32H29BN2O3/c1-18-13-14-20-15-16-21-25(17-19(2)35-28(21)27(20)34-18)24-10-7-9-22-23-11-8-12-26(30(23)36-29(22)24)33-37-31(3,4)32(5,6)38-33/h7-17H,1-6H3. The Bertz CT molecular complexity index is 1910. The van der Waals surface area contributed by atoms with E-state index in [1.54, 1.807) is 0 Å². The van der Waals surface area contributed by atoms with E-state index in [1.165, 1.54) is 0 Å². The molecule has 0 radical (unpaired) electrons. The summed E-state index contributed by atoms with van der Waals surface area (Å²) < 4.78 is 19.5. The van der Waals surface area contributed by atoms with Gasteiger partial charge in [-0.1, -0.05) is 54.6 Å². The number of hydrogen-bond donors (Lipinski definition) is 0. The molecule has 6 heteroatoms. The van der Waals surface area contributed by atoms with Crippen LogP contribution in [0.4, 0.5) is 0 Å². The lowest BCUT2D eigenvalue weighted by atomic mass is 9.78. The van der Waals surface area contributed by atoms with Gasteiger partial charge in [0, 0.05) is 44.0 Å². The van der Waals surface area contributed by atoms with Gasteiger partial charge in [0.05, 0.1) is 22.2 Å². The van der Waals surface area contributed by atoms with E-state index in [1.807, 2.05) is 26.0 Å². The lowest BCUT2D eigenvalue weighted by Crippen LogP contribution is -2.41. The minimum absolute atomic E-state index is 0.431. The molecule has 0 aliphatic carbocycles. The van der Waals surface area contributed by atoms with Gasteiger partial charge in [-0.05, 0) is 59.2 Å². The monoisotopic (exact) mass is 500 g/mol. The first-order chi connectivity index (χ1) is 18.1. The van der Waals surface area contributed by atoms with Crippen molar-refractivity contribution < 1.29 is 13.7 Å². The number of furan rings is 1. The molecule has 1 fully saturated rings. The van der Waals surface area contributed by atoms with Crippen molar-refractivity contribution in [2.75, 3.05) is 0 Å². The van der Waals surface area contributed by atoms with Crippen LogP contribution < -0.4 is 5.46 Å². The molecule has 7 rings (SSSR count). The van der Waals surface area contributed by atoms with E-state index in [-0.39, 0.29) is 0 Å². The second-order valence-electron chi connectivity index (χ2n) is 11.4. The summed E-state index contributed by atoms with van der Waals surface area (Å²) in [6.45, 7) is 12.3. The van der Waals surface area contributed by atoms with E-state index in [2.05, 4.69) is 82.3 Å². The van der Waals surface area contributed by atoms with Gasteiger partial charge in [0.1, 0.15) is 11.2 Å². The molecule has 4 heterocycles. The molecule has 0 amide bonds. The highest BCUT2D eigenvalue weighted by Gasteiger charge is 2.52. The topological polar surface area (TPSA) is 57.4 Å². The molecule has 0 atom stereocenters. The van der Waals surface area contributed by atoms with Gasteiger partial charge in [-0.15, -0.1) is 0 Å². The highest BCUT2D eigenvalue weighted by Crippen LogP contribution is 2.41. The van der Waals surface area contributed by atoms with E-state index >= 15 is 0 Å². The van der Waals surface area contributed by atoms with Crippen LogP contribution in [-0.2, 0) is 9.31 Å². The van der Waals surface area contributed by atoms with Crippen LogP contribution in [0.1, 0.15) is 39.1 Å². The molecule has 0 bridgehead atoms. The molecule has 6 aromatic rings. The SMILES string of the molecule is Cc1ccc2ccc3c(-c4cccc5c4oc4c(B6OC(C)(C)C(C)(C)O6)cccc45)cc(C)nc3c2n1. The minimum atomic E-state index is -0.502. The molecule has 1 saturated heterocycles. The van der Waals surface area contributed by atoms with E-state index < -0.39 is 18.3 Å². The summed E-state index contributed by atoms with van der Waals surface area (Å²) in [6.07, 6.45) is 0. The van der Waals surface area contributed by atoms with Crippen LogP contribution in [0.25, 0.3) is 54.9 Å². The average molecular weight is 500 g/mol. The van der Waals surface area contributed by atoms with Gasteiger partial charge >= 0.3 is 7.12 Å². The third-order valence-electron chi connectivity index (χ3n) is 8.26. The Morgan fingerprint density at radius 3 is 2.05 bits per heavy atom. The molecular weight excluding hydrogens is 471 g/mol. The highest BCUT2D eigenvalue weighted by molar-refractivity contribution is 6.65. The number of hydrogen-bond acceptors (Lipinski definition) is 5. The van der Waals surface area contributed by atoms with Crippen LogP contribution in [0.3, 0.4) is 0 Å². The summed E-state index contributed by atoms with van der Waals surface area (Å²) >= 11 is 0. The van der Waals surface area contributed by atoms with E-state index in [4.69, 9.17) is 23.7 Å². The maximum Gasteiger partial charge on any atom is 0.498 e. The summed E-state index contributed by atoms with van der Waals surface area (Å²) in [5, 5.41) is 4.25. The zero-order valence-electron chi connectivity index (χ0n) is 22.5. The largest absolute Gasteiger partial charge is 0.498 e. The number of benzene rings is 3. The molecule has 0 unspecified atom stereocenters. The second-order valence-corrected chi connectivity index (χ2v) is 11.4. The molecule has 3 aromatic heterocycles. The number of nitrogens with zero attached hydrogens (tertiary/aromatic N) is 2. The Morgan fingerprint density at radius 2 is 1.29 bits per heavy atom. The normalized spacial score (nSPS) is 16.8. The fourth-order valence-electron chi connectivity index (χ4n) is 5.53. The smallest absolute Gasteiger partial charge is 0.456 e.